The van der Waals surface area contributed by atoms with Crippen molar-refractivity contribution in [3.05, 3.63) is 29.8 Å². The van der Waals surface area contributed by atoms with E-state index in [1.54, 1.807) is 0 Å². The highest BCUT2D eigenvalue weighted by atomic mass is 16.2. The second-order valence-electron chi connectivity index (χ2n) is 4.47. The van der Waals surface area contributed by atoms with Crippen LogP contribution in [0.3, 0.4) is 0 Å². The van der Waals surface area contributed by atoms with E-state index >= 15 is 0 Å². The molecule has 0 atom stereocenters. The first kappa shape index (κ1) is 13.7. The van der Waals surface area contributed by atoms with E-state index in [1.165, 1.54) is 0 Å². The molecule has 1 amide bonds. The van der Waals surface area contributed by atoms with E-state index in [2.05, 4.69) is 19.2 Å². The SMILES string of the molecule is CC(C)c1ccccc1NC(=O)CCCCO. The average molecular weight is 235 g/mol. The van der Waals surface area contributed by atoms with Gasteiger partial charge in [-0.25, -0.2) is 0 Å². The summed E-state index contributed by atoms with van der Waals surface area (Å²) < 4.78 is 0. The molecule has 17 heavy (non-hydrogen) atoms. The van der Waals surface area contributed by atoms with E-state index in [4.69, 9.17) is 5.11 Å². The molecular weight excluding hydrogens is 214 g/mol. The minimum Gasteiger partial charge on any atom is -0.396 e. The van der Waals surface area contributed by atoms with Gasteiger partial charge in [0.25, 0.3) is 0 Å². The van der Waals surface area contributed by atoms with Gasteiger partial charge in [-0.15, -0.1) is 0 Å². The van der Waals surface area contributed by atoms with Gasteiger partial charge in [0, 0.05) is 18.7 Å². The maximum absolute atomic E-state index is 11.7. The molecule has 0 fully saturated rings. The van der Waals surface area contributed by atoms with E-state index in [1.807, 2.05) is 24.3 Å². The first-order valence-electron chi connectivity index (χ1n) is 6.14. The van der Waals surface area contributed by atoms with Crippen LogP contribution in [0.25, 0.3) is 0 Å². The monoisotopic (exact) mass is 235 g/mol. The number of aliphatic hydroxyl groups is 1. The zero-order valence-corrected chi connectivity index (χ0v) is 10.6. The minimum atomic E-state index is 0.0200. The second-order valence-corrected chi connectivity index (χ2v) is 4.47. The predicted octanol–water partition coefficient (Wildman–Crippen LogP) is 2.91. The molecule has 1 aromatic rings. The molecule has 0 radical (unpaired) electrons. The lowest BCUT2D eigenvalue weighted by Gasteiger charge is -2.13. The van der Waals surface area contributed by atoms with E-state index in [9.17, 15) is 4.79 Å². The number of unbranched alkanes of at least 4 members (excludes halogenated alkanes) is 1. The van der Waals surface area contributed by atoms with Crippen LogP contribution >= 0.6 is 0 Å². The zero-order valence-electron chi connectivity index (χ0n) is 10.6. The summed E-state index contributed by atoms with van der Waals surface area (Å²) in [6.45, 7) is 4.36. The molecule has 0 heterocycles. The van der Waals surface area contributed by atoms with Crippen molar-refractivity contribution in [2.24, 2.45) is 0 Å². The van der Waals surface area contributed by atoms with Crippen LogP contribution in [-0.4, -0.2) is 17.6 Å². The van der Waals surface area contributed by atoms with Gasteiger partial charge in [0.1, 0.15) is 0 Å². The molecule has 94 valence electrons. The van der Waals surface area contributed by atoms with Crippen LogP contribution in [0.1, 0.15) is 44.6 Å². The number of rotatable bonds is 6. The lowest BCUT2D eigenvalue weighted by atomic mass is 10.0. The summed E-state index contributed by atoms with van der Waals surface area (Å²) in [4.78, 5) is 11.7. The van der Waals surface area contributed by atoms with Crippen molar-refractivity contribution >= 4 is 11.6 Å². The topological polar surface area (TPSA) is 49.3 Å². The number of carbonyl (C=O) groups excluding carboxylic acids is 1. The summed E-state index contributed by atoms with van der Waals surface area (Å²) in [6.07, 6.45) is 1.87. The molecule has 3 nitrogen and oxygen atoms in total. The van der Waals surface area contributed by atoms with Gasteiger partial charge >= 0.3 is 0 Å². The molecule has 0 aromatic heterocycles. The van der Waals surface area contributed by atoms with Crippen molar-refractivity contribution in [3.63, 3.8) is 0 Å². The molecule has 0 saturated heterocycles. The van der Waals surface area contributed by atoms with Gasteiger partial charge in [-0.05, 0) is 30.4 Å². The standard InChI is InChI=1S/C14H21NO2/c1-11(2)12-7-3-4-8-13(12)15-14(17)9-5-6-10-16/h3-4,7-8,11,16H,5-6,9-10H2,1-2H3,(H,15,17). The smallest absolute Gasteiger partial charge is 0.224 e. The van der Waals surface area contributed by atoms with Crippen LogP contribution in [0.15, 0.2) is 24.3 Å². The fraction of sp³-hybridized carbons (Fsp3) is 0.500. The normalized spacial score (nSPS) is 10.6. The van der Waals surface area contributed by atoms with Gasteiger partial charge in [-0.2, -0.15) is 0 Å². The number of benzene rings is 1. The number of carbonyl (C=O) groups is 1. The van der Waals surface area contributed by atoms with Gasteiger partial charge in [0.2, 0.25) is 5.91 Å². The van der Waals surface area contributed by atoms with Crippen LogP contribution in [-0.2, 0) is 4.79 Å². The van der Waals surface area contributed by atoms with Crippen molar-refractivity contribution in [2.75, 3.05) is 11.9 Å². The number of anilines is 1. The second kappa shape index (κ2) is 7.07. The molecule has 0 unspecified atom stereocenters. The average Bonchev–Trinajstić information content (AvgIpc) is 2.29. The molecule has 0 bridgehead atoms. The highest BCUT2D eigenvalue weighted by Gasteiger charge is 2.08. The molecule has 1 rings (SSSR count). The Morgan fingerprint density at radius 1 is 1.29 bits per heavy atom. The van der Waals surface area contributed by atoms with E-state index in [0.717, 1.165) is 17.7 Å². The summed E-state index contributed by atoms with van der Waals surface area (Å²) >= 11 is 0. The van der Waals surface area contributed by atoms with Gasteiger partial charge in [0.15, 0.2) is 0 Å². The Morgan fingerprint density at radius 2 is 2.00 bits per heavy atom. The summed E-state index contributed by atoms with van der Waals surface area (Å²) in [5.74, 6) is 0.412. The van der Waals surface area contributed by atoms with Crippen LogP contribution in [0, 0.1) is 0 Å². The highest BCUT2D eigenvalue weighted by Crippen LogP contribution is 2.23. The van der Waals surface area contributed by atoms with Crippen molar-refractivity contribution < 1.29 is 9.90 Å². The molecule has 0 aliphatic rings. The molecule has 0 aliphatic carbocycles. The lowest BCUT2D eigenvalue weighted by Crippen LogP contribution is -2.13. The van der Waals surface area contributed by atoms with Crippen LogP contribution in [0.5, 0.6) is 0 Å². The van der Waals surface area contributed by atoms with Gasteiger partial charge in [0.05, 0.1) is 0 Å². The van der Waals surface area contributed by atoms with Crippen molar-refractivity contribution in [2.45, 2.75) is 39.0 Å². The Balaban J connectivity index is 2.58. The third-order valence-corrected chi connectivity index (χ3v) is 2.67. The number of amides is 1. The molecule has 2 N–H and O–H groups in total. The van der Waals surface area contributed by atoms with Gasteiger partial charge in [-0.3, -0.25) is 4.79 Å². The summed E-state index contributed by atoms with van der Waals surface area (Å²) in [5, 5.41) is 11.6. The van der Waals surface area contributed by atoms with E-state index < -0.39 is 0 Å². The summed E-state index contributed by atoms with van der Waals surface area (Å²) in [7, 11) is 0. The third kappa shape index (κ3) is 4.57. The highest BCUT2D eigenvalue weighted by molar-refractivity contribution is 5.91. The maximum atomic E-state index is 11.7. The molecule has 0 spiro atoms. The Kier molecular flexibility index (Phi) is 5.70. The molecule has 0 aliphatic heterocycles. The molecule has 0 saturated carbocycles. The van der Waals surface area contributed by atoms with Crippen LogP contribution in [0.4, 0.5) is 5.69 Å². The van der Waals surface area contributed by atoms with Crippen molar-refractivity contribution in [1.29, 1.82) is 0 Å². The lowest BCUT2D eigenvalue weighted by molar-refractivity contribution is -0.116. The fourth-order valence-corrected chi connectivity index (χ4v) is 1.72. The number of para-hydroxylation sites is 1. The first-order chi connectivity index (χ1) is 8.15. The number of aliphatic hydroxyl groups excluding tert-OH is 1. The minimum absolute atomic E-state index is 0.0200. The van der Waals surface area contributed by atoms with Crippen molar-refractivity contribution in [3.8, 4) is 0 Å². The largest absolute Gasteiger partial charge is 0.396 e. The Bertz CT molecular complexity index is 361. The van der Waals surface area contributed by atoms with E-state index in [-0.39, 0.29) is 12.5 Å². The number of nitrogens with one attached hydrogen (secondary N) is 1. The maximum Gasteiger partial charge on any atom is 0.224 e. The predicted molar refractivity (Wildman–Crippen MR) is 70.1 cm³/mol. The summed E-state index contributed by atoms with van der Waals surface area (Å²) in [6, 6.07) is 7.87. The third-order valence-electron chi connectivity index (χ3n) is 2.67. The van der Waals surface area contributed by atoms with Gasteiger partial charge in [-0.1, -0.05) is 32.0 Å². The van der Waals surface area contributed by atoms with Crippen LogP contribution in [0.2, 0.25) is 0 Å². The Morgan fingerprint density at radius 3 is 2.65 bits per heavy atom. The number of hydrogen-bond acceptors (Lipinski definition) is 2. The summed E-state index contributed by atoms with van der Waals surface area (Å²) in [5.41, 5.74) is 2.06. The van der Waals surface area contributed by atoms with Gasteiger partial charge < -0.3 is 10.4 Å². The Labute approximate surface area is 103 Å². The molecular formula is C14H21NO2. The first-order valence-corrected chi connectivity index (χ1v) is 6.14. The van der Waals surface area contributed by atoms with E-state index in [0.29, 0.717) is 18.8 Å². The fourth-order valence-electron chi connectivity index (χ4n) is 1.72. The zero-order chi connectivity index (χ0) is 12.7. The quantitative estimate of drug-likeness (QED) is 0.745. The molecule has 3 heteroatoms. The van der Waals surface area contributed by atoms with Crippen molar-refractivity contribution in [1.82, 2.24) is 0 Å². The molecule has 1 aromatic carbocycles. The van der Waals surface area contributed by atoms with Crippen LogP contribution < -0.4 is 5.32 Å². The number of hydrogen-bond donors (Lipinski definition) is 2. The Hall–Kier alpha value is -1.35.